The average Bonchev–Trinajstić information content (AvgIpc) is 3.11. The first kappa shape index (κ1) is 25.3. The summed E-state index contributed by atoms with van der Waals surface area (Å²) < 4.78 is 11.2. The van der Waals surface area contributed by atoms with Gasteiger partial charge in [-0.2, -0.15) is 0 Å². The first-order chi connectivity index (χ1) is 17.2. The van der Waals surface area contributed by atoms with Gasteiger partial charge in [0.2, 0.25) is 0 Å². The molecule has 0 aromatic heterocycles. The molecule has 36 heavy (non-hydrogen) atoms. The van der Waals surface area contributed by atoms with Crippen molar-refractivity contribution in [3.63, 3.8) is 0 Å². The van der Waals surface area contributed by atoms with Crippen molar-refractivity contribution in [3.8, 4) is 11.5 Å². The second-order valence-electron chi connectivity index (χ2n) is 8.00. The zero-order valence-electron chi connectivity index (χ0n) is 19.4. The maximum atomic E-state index is 12.9. The minimum Gasteiger partial charge on any atom is -0.493 e. The van der Waals surface area contributed by atoms with Crippen LogP contribution in [-0.2, 0) is 17.9 Å². The average molecular weight is 525 g/mol. The molecule has 10 heteroatoms. The van der Waals surface area contributed by atoms with Gasteiger partial charge in [0, 0.05) is 12.1 Å². The van der Waals surface area contributed by atoms with Gasteiger partial charge in [-0.05, 0) is 65.7 Å². The van der Waals surface area contributed by atoms with Crippen molar-refractivity contribution in [1.82, 2.24) is 4.90 Å². The third kappa shape index (κ3) is 5.69. The highest BCUT2D eigenvalue weighted by molar-refractivity contribution is 8.18. The molecule has 0 spiro atoms. The number of carbonyl (C=O) groups is 2. The summed E-state index contributed by atoms with van der Waals surface area (Å²) in [5, 5.41) is 10.7. The molecular formula is C26H21ClN2O6S. The molecule has 1 heterocycles. The normalized spacial score (nSPS) is 14.4. The van der Waals surface area contributed by atoms with Crippen molar-refractivity contribution >= 4 is 46.3 Å². The van der Waals surface area contributed by atoms with Crippen LogP contribution in [0, 0.1) is 17.0 Å². The molecule has 3 aromatic rings. The number of nitro benzene ring substituents is 1. The van der Waals surface area contributed by atoms with E-state index in [1.165, 1.54) is 24.1 Å². The second-order valence-corrected chi connectivity index (χ2v) is 9.40. The number of ether oxygens (including phenoxy) is 2. The molecule has 1 aliphatic rings. The van der Waals surface area contributed by atoms with E-state index >= 15 is 0 Å². The molecule has 0 N–H and O–H groups in total. The molecule has 0 bridgehead atoms. The lowest BCUT2D eigenvalue weighted by molar-refractivity contribution is -0.384. The lowest BCUT2D eigenvalue weighted by Gasteiger charge is -2.14. The van der Waals surface area contributed by atoms with Crippen molar-refractivity contribution in [2.45, 2.75) is 20.1 Å². The Labute approximate surface area is 216 Å². The lowest BCUT2D eigenvalue weighted by atomic mass is 10.1. The maximum Gasteiger partial charge on any atom is 0.293 e. The first-order valence-corrected chi connectivity index (χ1v) is 12.0. The molecule has 8 nitrogen and oxygen atoms in total. The van der Waals surface area contributed by atoms with Gasteiger partial charge in [0.1, 0.15) is 6.61 Å². The number of aryl methyl sites for hydroxylation is 1. The largest absolute Gasteiger partial charge is 0.493 e. The molecule has 1 saturated heterocycles. The Kier molecular flexibility index (Phi) is 7.61. The molecule has 0 aliphatic carbocycles. The number of hydrogen-bond donors (Lipinski definition) is 0. The number of thioether (sulfide) groups is 1. The summed E-state index contributed by atoms with van der Waals surface area (Å²) in [4.78, 5) is 37.2. The van der Waals surface area contributed by atoms with E-state index in [0.29, 0.717) is 22.6 Å². The quantitative estimate of drug-likeness (QED) is 0.191. The molecule has 0 atom stereocenters. The maximum absolute atomic E-state index is 12.9. The van der Waals surface area contributed by atoms with E-state index in [2.05, 4.69) is 0 Å². The van der Waals surface area contributed by atoms with Gasteiger partial charge < -0.3 is 9.47 Å². The first-order valence-electron chi connectivity index (χ1n) is 10.8. The van der Waals surface area contributed by atoms with Crippen LogP contribution in [0.15, 0.2) is 65.6 Å². The van der Waals surface area contributed by atoms with Gasteiger partial charge >= 0.3 is 0 Å². The molecule has 0 saturated carbocycles. The van der Waals surface area contributed by atoms with Gasteiger partial charge in [0.15, 0.2) is 11.5 Å². The van der Waals surface area contributed by atoms with Crippen LogP contribution in [0.5, 0.6) is 11.5 Å². The number of rotatable bonds is 8. The standard InChI is InChI=1S/C26H21ClN2O6S/c1-16-3-5-17(6-4-16)14-28-25(30)23(36-26(28)31)13-19-11-21(27)24(22(12-19)34-2)35-15-18-7-9-20(10-8-18)29(32)33/h3-13H,14-15H2,1-2H3/b23-13-. The van der Waals surface area contributed by atoms with E-state index in [9.17, 15) is 19.7 Å². The van der Waals surface area contributed by atoms with Gasteiger partial charge in [-0.3, -0.25) is 24.6 Å². The molecular weight excluding hydrogens is 504 g/mol. The Hall–Kier alpha value is -3.82. The van der Waals surface area contributed by atoms with Crippen LogP contribution < -0.4 is 9.47 Å². The van der Waals surface area contributed by atoms with Crippen molar-refractivity contribution < 1.29 is 24.0 Å². The van der Waals surface area contributed by atoms with Crippen LogP contribution in [0.2, 0.25) is 5.02 Å². The van der Waals surface area contributed by atoms with E-state index in [1.807, 2.05) is 31.2 Å². The van der Waals surface area contributed by atoms with E-state index in [1.54, 1.807) is 30.3 Å². The van der Waals surface area contributed by atoms with Gasteiger partial charge in [-0.15, -0.1) is 0 Å². The van der Waals surface area contributed by atoms with Crippen LogP contribution >= 0.6 is 23.4 Å². The molecule has 3 aromatic carbocycles. The third-order valence-corrected chi connectivity index (χ3v) is 6.60. The molecule has 0 radical (unpaired) electrons. The molecule has 184 valence electrons. The number of imide groups is 1. The number of nitrogens with zero attached hydrogens (tertiary/aromatic N) is 2. The second kappa shape index (κ2) is 10.8. The van der Waals surface area contributed by atoms with Gasteiger partial charge in [0.25, 0.3) is 16.8 Å². The predicted molar refractivity (Wildman–Crippen MR) is 138 cm³/mol. The van der Waals surface area contributed by atoms with Gasteiger partial charge in [-0.25, -0.2) is 0 Å². The van der Waals surface area contributed by atoms with Crippen LogP contribution in [-0.4, -0.2) is 28.1 Å². The summed E-state index contributed by atoms with van der Waals surface area (Å²) in [6.45, 7) is 2.28. The van der Waals surface area contributed by atoms with Crippen LogP contribution in [0.4, 0.5) is 10.5 Å². The molecule has 4 rings (SSSR count). The minimum atomic E-state index is -0.472. The van der Waals surface area contributed by atoms with Crippen molar-refractivity contribution in [3.05, 3.63) is 103 Å². The highest BCUT2D eigenvalue weighted by atomic mass is 35.5. The van der Waals surface area contributed by atoms with Crippen molar-refractivity contribution in [2.24, 2.45) is 0 Å². The van der Waals surface area contributed by atoms with E-state index < -0.39 is 4.92 Å². The number of halogens is 1. The summed E-state index contributed by atoms with van der Waals surface area (Å²) >= 11 is 7.32. The van der Waals surface area contributed by atoms with E-state index in [-0.39, 0.29) is 39.9 Å². The SMILES string of the molecule is COc1cc(/C=C2\SC(=O)N(Cc3ccc(C)cc3)C2=O)cc(Cl)c1OCc1ccc([N+](=O)[O-])cc1. The summed E-state index contributed by atoms with van der Waals surface area (Å²) in [6.07, 6.45) is 1.59. The summed E-state index contributed by atoms with van der Waals surface area (Å²) in [6, 6.07) is 16.9. The predicted octanol–water partition coefficient (Wildman–Crippen LogP) is 6.38. The minimum absolute atomic E-state index is 0.0120. The number of non-ortho nitro benzene ring substituents is 1. The van der Waals surface area contributed by atoms with E-state index in [0.717, 1.165) is 22.9 Å². The Bertz CT molecular complexity index is 1360. The summed E-state index contributed by atoms with van der Waals surface area (Å²) in [7, 11) is 1.46. The summed E-state index contributed by atoms with van der Waals surface area (Å²) in [5.74, 6) is 0.260. The lowest BCUT2D eigenvalue weighted by Crippen LogP contribution is -2.27. The van der Waals surface area contributed by atoms with Gasteiger partial charge in [0.05, 0.1) is 28.5 Å². The number of nitro groups is 1. The number of amides is 2. The molecule has 1 fully saturated rings. The number of benzene rings is 3. The Morgan fingerprint density at radius 1 is 1.06 bits per heavy atom. The smallest absolute Gasteiger partial charge is 0.293 e. The molecule has 0 unspecified atom stereocenters. The zero-order chi connectivity index (χ0) is 25.8. The van der Waals surface area contributed by atoms with Crippen molar-refractivity contribution in [2.75, 3.05) is 7.11 Å². The number of carbonyl (C=O) groups excluding carboxylic acids is 2. The molecule has 1 aliphatic heterocycles. The monoisotopic (exact) mass is 524 g/mol. The van der Waals surface area contributed by atoms with Crippen LogP contribution in [0.25, 0.3) is 6.08 Å². The fraction of sp³-hybridized carbons (Fsp3) is 0.154. The third-order valence-electron chi connectivity index (χ3n) is 5.41. The highest BCUT2D eigenvalue weighted by Gasteiger charge is 2.35. The zero-order valence-corrected chi connectivity index (χ0v) is 21.0. The summed E-state index contributed by atoms with van der Waals surface area (Å²) in [5.41, 5.74) is 3.23. The topological polar surface area (TPSA) is 99.0 Å². The Morgan fingerprint density at radius 2 is 1.72 bits per heavy atom. The highest BCUT2D eigenvalue weighted by Crippen LogP contribution is 2.39. The Morgan fingerprint density at radius 3 is 2.36 bits per heavy atom. The van der Waals surface area contributed by atoms with Gasteiger partial charge in [-0.1, -0.05) is 41.4 Å². The van der Waals surface area contributed by atoms with Crippen LogP contribution in [0.3, 0.4) is 0 Å². The fourth-order valence-electron chi connectivity index (χ4n) is 3.50. The number of hydrogen-bond acceptors (Lipinski definition) is 7. The number of methoxy groups -OCH3 is 1. The van der Waals surface area contributed by atoms with Crippen molar-refractivity contribution in [1.29, 1.82) is 0 Å². The Balaban J connectivity index is 1.50. The fourth-order valence-corrected chi connectivity index (χ4v) is 4.61. The van der Waals surface area contributed by atoms with E-state index in [4.69, 9.17) is 21.1 Å². The van der Waals surface area contributed by atoms with Crippen LogP contribution in [0.1, 0.15) is 22.3 Å². The molecule has 2 amide bonds.